The van der Waals surface area contributed by atoms with Gasteiger partial charge in [-0.25, -0.2) is 15.0 Å². The molecular formula is C26H26N8O. The second-order valence-electron chi connectivity index (χ2n) is 8.45. The van der Waals surface area contributed by atoms with Gasteiger partial charge < -0.3 is 11.1 Å². The highest BCUT2D eigenvalue weighted by atomic mass is 16.1. The van der Waals surface area contributed by atoms with E-state index in [0.717, 1.165) is 43.7 Å². The van der Waals surface area contributed by atoms with E-state index in [-0.39, 0.29) is 11.8 Å². The molecule has 0 radical (unpaired) electrons. The van der Waals surface area contributed by atoms with Crippen molar-refractivity contribution in [3.8, 4) is 23.4 Å². The second-order valence-corrected chi connectivity index (χ2v) is 8.45. The van der Waals surface area contributed by atoms with Crippen molar-refractivity contribution in [2.45, 2.75) is 25.7 Å². The zero-order valence-corrected chi connectivity index (χ0v) is 19.5. The molecule has 4 aromatic heterocycles. The molecule has 176 valence electrons. The summed E-state index contributed by atoms with van der Waals surface area (Å²) in [5.41, 5.74) is 9.24. The molecule has 5 rings (SSSR count). The number of nitrogen functional groups attached to an aromatic ring is 1. The Labute approximate surface area is 203 Å². The highest BCUT2D eigenvalue weighted by Gasteiger charge is 2.27. The number of nitrogens with one attached hydrogen (secondary N) is 1. The number of likely N-dealkylation sites (tertiary alicyclic amines) is 1. The van der Waals surface area contributed by atoms with Crippen molar-refractivity contribution >= 4 is 23.2 Å². The van der Waals surface area contributed by atoms with Gasteiger partial charge in [-0.3, -0.25) is 19.1 Å². The molecule has 4 aromatic rings. The number of piperidine rings is 1. The normalized spacial score (nSPS) is 16.0. The number of aromatic nitrogens is 5. The Balaban J connectivity index is 1.45. The van der Waals surface area contributed by atoms with Crippen LogP contribution in [-0.4, -0.2) is 54.8 Å². The van der Waals surface area contributed by atoms with Crippen LogP contribution < -0.4 is 11.1 Å². The summed E-state index contributed by atoms with van der Waals surface area (Å²) in [6.07, 6.45) is 7.00. The zero-order chi connectivity index (χ0) is 24.2. The van der Waals surface area contributed by atoms with Gasteiger partial charge in [-0.15, -0.1) is 5.92 Å². The number of pyridine rings is 2. The van der Waals surface area contributed by atoms with Crippen molar-refractivity contribution in [3.05, 3.63) is 66.2 Å². The number of hydrogen-bond donors (Lipinski definition) is 2. The minimum absolute atomic E-state index is 0.261. The monoisotopic (exact) mass is 466 g/mol. The van der Waals surface area contributed by atoms with Crippen LogP contribution in [-0.2, 0) is 0 Å². The standard InChI is InChI=1S/C26H26N8O/c1-2-3-14-33-15-6-7-19(17-33)23-21-11-13-29-26(27)34(21)24(32-23)20-10-9-18(16-30-20)25(35)31-22-8-4-5-12-28-22/h4-5,8-13,16,19H,6-7,14-15,17H2,1H3,(H2,27,29)(H,28,31,35). The smallest absolute Gasteiger partial charge is 0.258 e. The van der Waals surface area contributed by atoms with Gasteiger partial charge in [-0.05, 0) is 56.6 Å². The first-order chi connectivity index (χ1) is 17.1. The molecule has 0 spiro atoms. The van der Waals surface area contributed by atoms with E-state index < -0.39 is 0 Å². The number of imidazole rings is 1. The summed E-state index contributed by atoms with van der Waals surface area (Å²) in [7, 11) is 0. The Bertz CT molecular complexity index is 1400. The van der Waals surface area contributed by atoms with Gasteiger partial charge in [0.05, 0.1) is 23.3 Å². The Hall–Kier alpha value is -4.29. The maximum atomic E-state index is 12.6. The molecule has 0 saturated carbocycles. The molecule has 1 amide bonds. The molecule has 3 N–H and O–H groups in total. The summed E-state index contributed by atoms with van der Waals surface area (Å²) in [6, 6.07) is 10.8. The molecule has 9 nitrogen and oxygen atoms in total. The van der Waals surface area contributed by atoms with Crippen LogP contribution in [0.3, 0.4) is 0 Å². The Morgan fingerprint density at radius 3 is 2.86 bits per heavy atom. The third-order valence-corrected chi connectivity index (χ3v) is 6.14. The summed E-state index contributed by atoms with van der Waals surface area (Å²) in [5.74, 6) is 7.57. The second kappa shape index (κ2) is 9.91. The van der Waals surface area contributed by atoms with Gasteiger partial charge in [0.25, 0.3) is 5.91 Å². The van der Waals surface area contributed by atoms with Crippen LogP contribution in [0.4, 0.5) is 11.8 Å². The van der Waals surface area contributed by atoms with E-state index in [0.29, 0.717) is 28.8 Å². The SMILES string of the molecule is CC#CCN1CCCC(c2nc(-c3ccc(C(=O)Nc4ccccn4)cn3)n3c(N)nccc23)C1. The predicted molar refractivity (Wildman–Crippen MR) is 135 cm³/mol. The molecule has 1 atom stereocenters. The molecular weight excluding hydrogens is 440 g/mol. The number of hydrogen-bond acceptors (Lipinski definition) is 7. The Kier molecular flexibility index (Phi) is 6.37. The topological polar surface area (TPSA) is 114 Å². The minimum atomic E-state index is -0.282. The number of carbonyl (C=O) groups is 1. The number of nitrogens with two attached hydrogens (primary N) is 1. The predicted octanol–water partition coefficient (Wildman–Crippen LogP) is 3.22. The van der Waals surface area contributed by atoms with Crippen LogP contribution >= 0.6 is 0 Å². The first-order valence-electron chi connectivity index (χ1n) is 11.6. The van der Waals surface area contributed by atoms with E-state index in [2.05, 4.69) is 37.0 Å². The summed E-state index contributed by atoms with van der Waals surface area (Å²) < 4.78 is 1.84. The molecule has 1 fully saturated rings. The third kappa shape index (κ3) is 4.69. The van der Waals surface area contributed by atoms with E-state index in [9.17, 15) is 4.79 Å². The molecule has 5 heterocycles. The van der Waals surface area contributed by atoms with Crippen LogP contribution in [0.1, 0.15) is 41.7 Å². The van der Waals surface area contributed by atoms with E-state index >= 15 is 0 Å². The largest absolute Gasteiger partial charge is 0.369 e. The van der Waals surface area contributed by atoms with E-state index in [1.807, 2.05) is 23.5 Å². The Morgan fingerprint density at radius 2 is 2.09 bits per heavy atom. The van der Waals surface area contributed by atoms with Crippen molar-refractivity contribution in [2.75, 3.05) is 30.7 Å². The highest BCUT2D eigenvalue weighted by Crippen LogP contribution is 2.33. The molecule has 1 aliphatic rings. The van der Waals surface area contributed by atoms with Crippen LogP contribution in [0.25, 0.3) is 17.0 Å². The van der Waals surface area contributed by atoms with Gasteiger partial charge in [0.15, 0.2) is 5.82 Å². The van der Waals surface area contributed by atoms with Gasteiger partial charge in [-0.1, -0.05) is 12.0 Å². The number of rotatable bonds is 5. The van der Waals surface area contributed by atoms with Crippen LogP contribution in [0.2, 0.25) is 0 Å². The first-order valence-corrected chi connectivity index (χ1v) is 11.6. The number of nitrogens with zero attached hydrogens (tertiary/aromatic N) is 6. The quantitative estimate of drug-likeness (QED) is 0.434. The molecule has 0 bridgehead atoms. The molecule has 0 aliphatic carbocycles. The lowest BCUT2D eigenvalue weighted by atomic mass is 9.94. The molecule has 35 heavy (non-hydrogen) atoms. The van der Waals surface area contributed by atoms with Crippen LogP contribution in [0.15, 0.2) is 55.0 Å². The maximum absolute atomic E-state index is 12.6. The number of amides is 1. The number of fused-ring (bicyclic) bond motifs is 1. The summed E-state index contributed by atoms with van der Waals surface area (Å²) >= 11 is 0. The van der Waals surface area contributed by atoms with Crippen molar-refractivity contribution < 1.29 is 4.79 Å². The van der Waals surface area contributed by atoms with Crippen molar-refractivity contribution in [2.24, 2.45) is 0 Å². The van der Waals surface area contributed by atoms with Crippen molar-refractivity contribution in [1.82, 2.24) is 29.2 Å². The fraction of sp³-hybridized carbons (Fsp3) is 0.269. The van der Waals surface area contributed by atoms with Gasteiger partial charge >= 0.3 is 0 Å². The zero-order valence-electron chi connectivity index (χ0n) is 19.5. The summed E-state index contributed by atoms with van der Waals surface area (Å²) in [5, 5.41) is 2.77. The number of anilines is 2. The van der Waals surface area contributed by atoms with Gasteiger partial charge in [-0.2, -0.15) is 0 Å². The van der Waals surface area contributed by atoms with Gasteiger partial charge in [0, 0.05) is 31.1 Å². The Morgan fingerprint density at radius 1 is 1.17 bits per heavy atom. The molecule has 1 aliphatic heterocycles. The molecule has 1 saturated heterocycles. The number of carbonyl (C=O) groups excluding carboxylic acids is 1. The van der Waals surface area contributed by atoms with E-state index in [4.69, 9.17) is 10.7 Å². The first kappa shape index (κ1) is 22.5. The fourth-order valence-electron chi connectivity index (χ4n) is 4.45. The lowest BCUT2D eigenvalue weighted by Gasteiger charge is -2.30. The lowest BCUT2D eigenvalue weighted by molar-refractivity contribution is 0.102. The average Bonchev–Trinajstić information content (AvgIpc) is 3.29. The molecule has 9 heteroatoms. The summed E-state index contributed by atoms with van der Waals surface area (Å²) in [4.78, 5) is 32.9. The van der Waals surface area contributed by atoms with Crippen LogP contribution in [0.5, 0.6) is 0 Å². The summed E-state index contributed by atoms with van der Waals surface area (Å²) in [6.45, 7) is 4.56. The molecule has 0 aromatic carbocycles. The van der Waals surface area contributed by atoms with Crippen molar-refractivity contribution in [3.63, 3.8) is 0 Å². The lowest BCUT2D eigenvalue weighted by Crippen LogP contribution is -2.34. The van der Waals surface area contributed by atoms with Gasteiger partial charge in [0.1, 0.15) is 11.5 Å². The fourth-order valence-corrected chi connectivity index (χ4v) is 4.45. The van der Waals surface area contributed by atoms with E-state index in [1.54, 1.807) is 36.7 Å². The van der Waals surface area contributed by atoms with Gasteiger partial charge in [0.2, 0.25) is 5.95 Å². The minimum Gasteiger partial charge on any atom is -0.369 e. The van der Waals surface area contributed by atoms with Crippen LogP contribution in [0, 0.1) is 11.8 Å². The highest BCUT2D eigenvalue weighted by molar-refractivity contribution is 6.03. The average molecular weight is 467 g/mol. The van der Waals surface area contributed by atoms with Crippen molar-refractivity contribution in [1.29, 1.82) is 0 Å². The van der Waals surface area contributed by atoms with E-state index in [1.165, 1.54) is 6.20 Å². The molecule has 1 unspecified atom stereocenters. The third-order valence-electron chi connectivity index (χ3n) is 6.14. The maximum Gasteiger partial charge on any atom is 0.258 e.